The first kappa shape index (κ1) is 16.5. The van der Waals surface area contributed by atoms with Crippen molar-refractivity contribution in [3.63, 3.8) is 0 Å². The number of aliphatic hydroxyl groups is 1. The number of carboxylic acid groups (broad SMARTS) is 1. The summed E-state index contributed by atoms with van der Waals surface area (Å²) in [6.45, 7) is 6.42. The van der Waals surface area contributed by atoms with Crippen molar-refractivity contribution in [2.24, 2.45) is 11.3 Å². The van der Waals surface area contributed by atoms with E-state index in [1.165, 1.54) is 16.7 Å². The molecular weight excluding hydrogens is 288 g/mol. The fourth-order valence-electron chi connectivity index (χ4n) is 5.18. The number of aliphatic hydroxyl groups excluding tert-OH is 1. The van der Waals surface area contributed by atoms with Gasteiger partial charge in [-0.3, -0.25) is 4.79 Å². The van der Waals surface area contributed by atoms with E-state index in [0.29, 0.717) is 0 Å². The smallest absolute Gasteiger partial charge is 0.309 e. The molecule has 3 heteroatoms. The highest BCUT2D eigenvalue weighted by atomic mass is 16.4. The summed E-state index contributed by atoms with van der Waals surface area (Å²) >= 11 is 0. The molecule has 1 aromatic carbocycles. The van der Waals surface area contributed by atoms with Crippen molar-refractivity contribution < 1.29 is 15.0 Å². The van der Waals surface area contributed by atoms with Crippen LogP contribution in [0.5, 0.6) is 0 Å². The number of hydrogen-bond donors (Lipinski definition) is 2. The Balaban J connectivity index is 2.04. The van der Waals surface area contributed by atoms with Crippen LogP contribution in [0.4, 0.5) is 0 Å². The summed E-state index contributed by atoms with van der Waals surface area (Å²) in [6.07, 6.45) is 4.73. The number of hydrogen-bond acceptors (Lipinski definition) is 2. The molecule has 0 heterocycles. The molecule has 0 bridgehead atoms. The van der Waals surface area contributed by atoms with E-state index >= 15 is 0 Å². The zero-order chi connectivity index (χ0) is 16.8. The number of fused-ring (bicyclic) bond motifs is 3. The first-order chi connectivity index (χ1) is 10.8. The van der Waals surface area contributed by atoms with E-state index in [4.69, 9.17) is 0 Å². The normalized spacial score (nSPS) is 34.3. The molecule has 23 heavy (non-hydrogen) atoms. The molecule has 3 rings (SSSR count). The molecule has 0 saturated heterocycles. The van der Waals surface area contributed by atoms with Gasteiger partial charge in [0.2, 0.25) is 0 Å². The van der Waals surface area contributed by atoms with Crippen LogP contribution in [0, 0.1) is 11.3 Å². The average Bonchev–Trinajstić information content (AvgIpc) is 2.53. The maximum atomic E-state index is 11.9. The molecule has 1 fully saturated rings. The van der Waals surface area contributed by atoms with Crippen LogP contribution in [0.25, 0.3) is 0 Å². The van der Waals surface area contributed by atoms with Gasteiger partial charge in [0.05, 0.1) is 5.41 Å². The molecule has 0 aromatic heterocycles. The molecule has 126 valence electrons. The van der Waals surface area contributed by atoms with Gasteiger partial charge in [0.15, 0.2) is 0 Å². The molecule has 0 aliphatic heterocycles. The summed E-state index contributed by atoms with van der Waals surface area (Å²) in [6, 6.07) is 6.57. The third-order valence-corrected chi connectivity index (χ3v) is 6.71. The van der Waals surface area contributed by atoms with Crippen molar-refractivity contribution in [1.29, 1.82) is 0 Å². The van der Waals surface area contributed by atoms with Crippen LogP contribution in [-0.2, 0) is 16.6 Å². The maximum Gasteiger partial charge on any atom is 0.309 e. The molecule has 2 aliphatic rings. The van der Waals surface area contributed by atoms with Crippen LogP contribution in [0.3, 0.4) is 0 Å². The second kappa shape index (κ2) is 5.62. The monoisotopic (exact) mass is 316 g/mol. The number of carboxylic acids is 1. The van der Waals surface area contributed by atoms with Crippen molar-refractivity contribution in [2.75, 3.05) is 6.61 Å². The van der Waals surface area contributed by atoms with Gasteiger partial charge in [-0.25, -0.2) is 0 Å². The molecule has 0 radical (unpaired) electrons. The Hall–Kier alpha value is -1.35. The molecule has 2 aliphatic carbocycles. The Morgan fingerprint density at radius 1 is 1.35 bits per heavy atom. The third-order valence-electron chi connectivity index (χ3n) is 6.71. The van der Waals surface area contributed by atoms with Crippen LogP contribution in [0.2, 0.25) is 0 Å². The quantitative estimate of drug-likeness (QED) is 0.890. The molecule has 4 atom stereocenters. The van der Waals surface area contributed by atoms with Crippen molar-refractivity contribution in [3.8, 4) is 0 Å². The lowest BCUT2D eigenvalue weighted by Crippen LogP contribution is -2.52. The fraction of sp³-hybridized carbons (Fsp3) is 0.650. The Morgan fingerprint density at radius 3 is 2.74 bits per heavy atom. The average molecular weight is 316 g/mol. The van der Waals surface area contributed by atoms with Crippen molar-refractivity contribution >= 4 is 5.97 Å². The highest BCUT2D eigenvalue weighted by Gasteiger charge is 2.55. The molecule has 3 nitrogen and oxygen atoms in total. The van der Waals surface area contributed by atoms with E-state index in [-0.39, 0.29) is 23.9 Å². The molecule has 4 unspecified atom stereocenters. The molecule has 2 N–H and O–H groups in total. The second-order valence-electron chi connectivity index (χ2n) is 8.09. The molecule has 1 aromatic rings. The topological polar surface area (TPSA) is 57.5 Å². The number of aryl methyl sites for hydroxylation is 1. The number of rotatable bonds is 3. The molecule has 1 saturated carbocycles. The zero-order valence-corrected chi connectivity index (χ0v) is 14.4. The molecule has 0 spiro atoms. The molecule has 0 amide bonds. The summed E-state index contributed by atoms with van der Waals surface area (Å²) in [5, 5.41) is 19.2. The predicted octanol–water partition coefficient (Wildman–Crippen LogP) is 3.88. The van der Waals surface area contributed by atoms with Crippen molar-refractivity contribution in [1.82, 2.24) is 0 Å². The van der Waals surface area contributed by atoms with E-state index in [1.54, 1.807) is 0 Å². The minimum absolute atomic E-state index is 0.0417. The van der Waals surface area contributed by atoms with Crippen LogP contribution >= 0.6 is 0 Å². The van der Waals surface area contributed by atoms with Gasteiger partial charge >= 0.3 is 5.97 Å². The highest BCUT2D eigenvalue weighted by molar-refractivity contribution is 5.75. The lowest BCUT2D eigenvalue weighted by Gasteiger charge is -2.53. The van der Waals surface area contributed by atoms with Gasteiger partial charge in [-0.1, -0.05) is 38.5 Å². The Morgan fingerprint density at radius 2 is 2.09 bits per heavy atom. The second-order valence-corrected chi connectivity index (χ2v) is 8.09. The van der Waals surface area contributed by atoms with E-state index in [0.717, 1.165) is 32.1 Å². The summed E-state index contributed by atoms with van der Waals surface area (Å²) in [4.78, 5) is 11.9. The largest absolute Gasteiger partial charge is 0.481 e. The fourth-order valence-corrected chi connectivity index (χ4v) is 5.18. The van der Waals surface area contributed by atoms with Crippen LogP contribution in [-0.4, -0.2) is 22.8 Å². The van der Waals surface area contributed by atoms with Crippen LogP contribution in [0.1, 0.15) is 69.1 Å². The number of carbonyl (C=O) groups is 1. The van der Waals surface area contributed by atoms with Gasteiger partial charge in [0.1, 0.15) is 0 Å². The molecular formula is C20H28O3. The minimum atomic E-state index is -0.637. The summed E-state index contributed by atoms with van der Waals surface area (Å²) in [5.41, 5.74) is 3.23. The summed E-state index contributed by atoms with van der Waals surface area (Å²) in [7, 11) is 0. The summed E-state index contributed by atoms with van der Waals surface area (Å²) < 4.78 is 0. The number of aliphatic carboxylic acids is 1. The van der Waals surface area contributed by atoms with Gasteiger partial charge in [0, 0.05) is 12.5 Å². The first-order valence-corrected chi connectivity index (χ1v) is 8.80. The van der Waals surface area contributed by atoms with E-state index in [2.05, 4.69) is 25.1 Å². The Labute approximate surface area is 138 Å². The Kier molecular flexibility index (Phi) is 4.04. The number of benzene rings is 1. The highest BCUT2D eigenvalue weighted by Crippen LogP contribution is 2.57. The van der Waals surface area contributed by atoms with E-state index in [1.807, 2.05) is 13.8 Å². The Bertz CT molecular complexity index is 623. The van der Waals surface area contributed by atoms with Crippen LogP contribution in [0.15, 0.2) is 18.2 Å². The van der Waals surface area contributed by atoms with Gasteiger partial charge in [-0.2, -0.15) is 0 Å². The minimum Gasteiger partial charge on any atom is -0.481 e. The maximum absolute atomic E-state index is 11.9. The third kappa shape index (κ3) is 2.40. The summed E-state index contributed by atoms with van der Waals surface area (Å²) in [5.74, 6) is -0.279. The zero-order valence-electron chi connectivity index (χ0n) is 14.4. The van der Waals surface area contributed by atoms with Gasteiger partial charge in [0.25, 0.3) is 0 Å². The van der Waals surface area contributed by atoms with Crippen LogP contribution < -0.4 is 0 Å². The first-order valence-electron chi connectivity index (χ1n) is 8.80. The lowest BCUT2D eigenvalue weighted by atomic mass is 9.50. The van der Waals surface area contributed by atoms with E-state index < -0.39 is 11.4 Å². The predicted molar refractivity (Wildman–Crippen MR) is 90.7 cm³/mol. The van der Waals surface area contributed by atoms with Gasteiger partial charge in [-0.15, -0.1) is 0 Å². The van der Waals surface area contributed by atoms with Gasteiger partial charge in [-0.05, 0) is 60.6 Å². The standard InChI is InChI=1S/C20H28O3/c1-13(12-21)14-5-7-16-15(11-14)6-8-17-19(16,2)9-4-10-20(17,3)18(22)23/h5,7,11,13,17,21H,4,6,8-10,12H2,1-3H3,(H,22,23). The van der Waals surface area contributed by atoms with Crippen molar-refractivity contribution in [3.05, 3.63) is 34.9 Å². The lowest BCUT2D eigenvalue weighted by molar-refractivity contribution is -0.157. The SMILES string of the molecule is CC(CO)c1ccc2c(c1)CCC1C(C)(C(=O)O)CCCC21C. The van der Waals surface area contributed by atoms with E-state index in [9.17, 15) is 15.0 Å². The van der Waals surface area contributed by atoms with Gasteiger partial charge < -0.3 is 10.2 Å². The van der Waals surface area contributed by atoms with Crippen molar-refractivity contribution in [2.45, 2.75) is 64.2 Å².